The first-order valence-corrected chi connectivity index (χ1v) is 13.0. The topological polar surface area (TPSA) is 54.8 Å². The molecular weight excluding hydrogens is 454 g/mol. The summed E-state index contributed by atoms with van der Waals surface area (Å²) >= 11 is 6.85. The number of aromatic nitrogens is 1. The van der Waals surface area contributed by atoms with Crippen LogP contribution in [0.4, 0.5) is 0 Å². The second kappa shape index (κ2) is 9.60. The highest BCUT2D eigenvalue weighted by atomic mass is 32.2. The van der Waals surface area contributed by atoms with Crippen LogP contribution in [0.1, 0.15) is 44.6 Å². The van der Waals surface area contributed by atoms with Gasteiger partial charge in [-0.25, -0.2) is 0 Å². The van der Waals surface area contributed by atoms with Crippen molar-refractivity contribution in [3.8, 4) is 0 Å². The van der Waals surface area contributed by atoms with Gasteiger partial charge in [0.25, 0.3) is 5.91 Å². The van der Waals surface area contributed by atoms with Gasteiger partial charge < -0.3 is 14.2 Å². The zero-order chi connectivity index (χ0) is 22.9. The highest BCUT2D eigenvalue weighted by Crippen LogP contribution is 2.35. The summed E-state index contributed by atoms with van der Waals surface area (Å²) in [6, 6.07) is 8.33. The smallest absolute Gasteiger partial charge is 0.266 e. The zero-order valence-corrected chi connectivity index (χ0v) is 20.5. The number of carbonyl (C=O) groups excluding carboxylic acids is 2. The number of fused-ring (bicyclic) bond motifs is 1. The van der Waals surface area contributed by atoms with Crippen LogP contribution in [0.15, 0.2) is 35.4 Å². The van der Waals surface area contributed by atoms with E-state index in [-0.39, 0.29) is 24.0 Å². The van der Waals surface area contributed by atoms with Crippen LogP contribution in [-0.2, 0) is 20.9 Å². The number of thioether (sulfide) groups is 1. The number of carbonyl (C=O) groups is 2. The second-order valence-corrected chi connectivity index (χ2v) is 10.8. The van der Waals surface area contributed by atoms with E-state index in [0.29, 0.717) is 22.3 Å². The molecule has 3 aliphatic rings. The van der Waals surface area contributed by atoms with E-state index in [1.165, 1.54) is 18.2 Å². The van der Waals surface area contributed by atoms with Gasteiger partial charge in [0.05, 0.1) is 17.6 Å². The first-order chi connectivity index (χ1) is 16.0. The number of piperidine rings is 1. The molecule has 2 atom stereocenters. The van der Waals surface area contributed by atoms with E-state index >= 15 is 0 Å². The number of nitrogens with zero attached hydrogens (tertiary/aromatic N) is 3. The summed E-state index contributed by atoms with van der Waals surface area (Å²) in [7, 11) is 0. The molecule has 5 rings (SSSR count). The number of para-hydroxylation sites is 1. The molecule has 174 valence electrons. The van der Waals surface area contributed by atoms with Gasteiger partial charge in [0.15, 0.2) is 0 Å². The Kier molecular flexibility index (Phi) is 6.58. The van der Waals surface area contributed by atoms with Gasteiger partial charge in [0.1, 0.15) is 10.9 Å². The van der Waals surface area contributed by atoms with Crippen molar-refractivity contribution in [3.63, 3.8) is 0 Å². The average molecular weight is 484 g/mol. The fraction of sp³-hybridized carbons (Fsp3) is 0.480. The predicted molar refractivity (Wildman–Crippen MR) is 136 cm³/mol. The van der Waals surface area contributed by atoms with E-state index < -0.39 is 0 Å². The number of thiocarbonyl (C=S) groups is 1. The minimum Gasteiger partial charge on any atom is -0.376 e. The molecule has 8 heteroatoms. The number of hydrogen-bond donors (Lipinski definition) is 0. The fourth-order valence-corrected chi connectivity index (χ4v) is 6.28. The van der Waals surface area contributed by atoms with Crippen molar-refractivity contribution >= 4 is 57.1 Å². The molecule has 3 aliphatic heterocycles. The SMILES string of the molecule is C[C@H]1CCCCN1C(=O)Cn1cc(/C=C2\SC(=S)N(C[C@H]3CCCO3)C2=O)c2ccccc21. The van der Waals surface area contributed by atoms with Gasteiger partial charge in [0, 0.05) is 41.9 Å². The Morgan fingerprint density at radius 2 is 2.09 bits per heavy atom. The Morgan fingerprint density at radius 1 is 1.24 bits per heavy atom. The first-order valence-electron chi connectivity index (χ1n) is 11.8. The first kappa shape index (κ1) is 22.6. The highest BCUT2D eigenvalue weighted by molar-refractivity contribution is 8.26. The molecule has 1 aromatic heterocycles. The van der Waals surface area contributed by atoms with E-state index in [2.05, 4.69) is 6.92 Å². The molecule has 0 N–H and O–H groups in total. The third-order valence-electron chi connectivity index (χ3n) is 6.82. The maximum atomic E-state index is 13.1. The van der Waals surface area contributed by atoms with Crippen molar-refractivity contribution in [3.05, 3.63) is 40.9 Å². The summed E-state index contributed by atoms with van der Waals surface area (Å²) in [6.45, 7) is 4.54. The van der Waals surface area contributed by atoms with E-state index in [1.54, 1.807) is 4.90 Å². The molecule has 3 fully saturated rings. The van der Waals surface area contributed by atoms with Crippen LogP contribution < -0.4 is 0 Å². The summed E-state index contributed by atoms with van der Waals surface area (Å²) in [5.41, 5.74) is 1.93. The van der Waals surface area contributed by atoms with Gasteiger partial charge in [-0.1, -0.05) is 42.2 Å². The van der Waals surface area contributed by atoms with Gasteiger partial charge >= 0.3 is 0 Å². The third kappa shape index (κ3) is 4.61. The molecule has 0 unspecified atom stereocenters. The van der Waals surface area contributed by atoms with E-state index in [9.17, 15) is 9.59 Å². The number of hydrogen-bond acceptors (Lipinski definition) is 5. The van der Waals surface area contributed by atoms with Crippen LogP contribution in [0.5, 0.6) is 0 Å². The zero-order valence-electron chi connectivity index (χ0n) is 18.9. The standard InChI is InChI=1S/C25H29N3O3S2/c1-17-7-4-5-11-27(17)23(29)16-26-14-18(20-9-2-3-10-21(20)26)13-22-24(30)28(25(32)33-22)15-19-8-6-12-31-19/h2-3,9-10,13-14,17,19H,4-8,11-12,15-16H2,1H3/b22-13-/t17-,19+/m0/s1. The number of benzene rings is 1. The van der Waals surface area contributed by atoms with E-state index in [4.69, 9.17) is 17.0 Å². The lowest BCUT2D eigenvalue weighted by Crippen LogP contribution is -2.43. The molecule has 1 aromatic carbocycles. The third-order valence-corrected chi connectivity index (χ3v) is 8.20. The molecule has 2 aromatic rings. The highest BCUT2D eigenvalue weighted by Gasteiger charge is 2.35. The Hall–Kier alpha value is -2.16. The molecule has 6 nitrogen and oxygen atoms in total. The molecule has 0 saturated carbocycles. The molecule has 0 spiro atoms. The Morgan fingerprint density at radius 3 is 2.88 bits per heavy atom. The Balaban J connectivity index is 1.40. The maximum Gasteiger partial charge on any atom is 0.266 e. The Bertz CT molecular complexity index is 1120. The lowest BCUT2D eigenvalue weighted by atomic mass is 10.0. The lowest BCUT2D eigenvalue weighted by Gasteiger charge is -2.33. The molecule has 2 amide bonds. The summed E-state index contributed by atoms with van der Waals surface area (Å²) in [4.78, 5) is 30.5. The Labute approximate surface area is 203 Å². The van der Waals surface area contributed by atoms with Crippen molar-refractivity contribution in [1.29, 1.82) is 0 Å². The quantitative estimate of drug-likeness (QED) is 0.465. The molecule has 3 saturated heterocycles. The maximum absolute atomic E-state index is 13.1. The average Bonchev–Trinajstić information content (AvgIpc) is 3.51. The van der Waals surface area contributed by atoms with Crippen molar-refractivity contribution < 1.29 is 14.3 Å². The summed E-state index contributed by atoms with van der Waals surface area (Å²) < 4.78 is 8.29. The van der Waals surface area contributed by atoms with Gasteiger partial charge in [-0.05, 0) is 51.2 Å². The van der Waals surface area contributed by atoms with E-state index in [1.807, 2.05) is 46.0 Å². The van der Waals surface area contributed by atoms with Crippen LogP contribution in [0, 0.1) is 0 Å². The molecule has 0 bridgehead atoms. The largest absolute Gasteiger partial charge is 0.376 e. The van der Waals surface area contributed by atoms with Gasteiger partial charge in [-0.2, -0.15) is 0 Å². The molecular formula is C25H29N3O3S2. The minimum absolute atomic E-state index is 0.0597. The number of rotatable bonds is 5. The lowest BCUT2D eigenvalue weighted by molar-refractivity contribution is -0.135. The second-order valence-electron chi connectivity index (χ2n) is 9.09. The molecule has 0 aliphatic carbocycles. The monoisotopic (exact) mass is 483 g/mol. The number of amides is 2. The van der Waals surface area contributed by atoms with Crippen molar-refractivity contribution in [2.24, 2.45) is 0 Å². The summed E-state index contributed by atoms with van der Waals surface area (Å²) in [6.07, 6.45) is 9.30. The van der Waals surface area contributed by atoms with Gasteiger partial charge in [-0.15, -0.1) is 0 Å². The summed E-state index contributed by atoms with van der Waals surface area (Å²) in [5, 5.41) is 1.03. The van der Waals surface area contributed by atoms with E-state index in [0.717, 1.165) is 55.3 Å². The normalized spacial score (nSPS) is 25.1. The number of likely N-dealkylation sites (tertiary alicyclic amines) is 1. The fourth-order valence-electron chi connectivity index (χ4n) is 5.02. The molecule has 0 radical (unpaired) electrons. The summed E-state index contributed by atoms with van der Waals surface area (Å²) in [5.74, 6) is 0.0907. The minimum atomic E-state index is -0.0597. The van der Waals surface area contributed by atoms with Crippen LogP contribution in [-0.4, -0.2) is 62.3 Å². The van der Waals surface area contributed by atoms with Crippen molar-refractivity contribution in [2.45, 2.75) is 57.7 Å². The van der Waals surface area contributed by atoms with Crippen LogP contribution >= 0.6 is 24.0 Å². The van der Waals surface area contributed by atoms with Crippen molar-refractivity contribution in [2.75, 3.05) is 19.7 Å². The van der Waals surface area contributed by atoms with Gasteiger partial charge in [-0.3, -0.25) is 14.5 Å². The van der Waals surface area contributed by atoms with Crippen molar-refractivity contribution in [1.82, 2.24) is 14.4 Å². The van der Waals surface area contributed by atoms with Gasteiger partial charge in [0.2, 0.25) is 5.91 Å². The molecule has 33 heavy (non-hydrogen) atoms. The molecule has 4 heterocycles. The predicted octanol–water partition coefficient (Wildman–Crippen LogP) is 4.42. The van der Waals surface area contributed by atoms with Crippen LogP contribution in [0.2, 0.25) is 0 Å². The van der Waals surface area contributed by atoms with Crippen LogP contribution in [0.3, 0.4) is 0 Å². The number of ether oxygens (including phenoxy) is 1. The van der Waals surface area contributed by atoms with Crippen LogP contribution in [0.25, 0.3) is 17.0 Å².